The van der Waals surface area contributed by atoms with Gasteiger partial charge in [-0.1, -0.05) is 32.4 Å². The van der Waals surface area contributed by atoms with E-state index in [-0.39, 0.29) is 30.7 Å². The highest BCUT2D eigenvalue weighted by molar-refractivity contribution is 5.88. The van der Waals surface area contributed by atoms with Gasteiger partial charge in [-0.05, 0) is 23.6 Å². The van der Waals surface area contributed by atoms with Crippen molar-refractivity contribution in [1.29, 1.82) is 0 Å². The standard InChI is InChI=1S/C17H27N3O.2ClH/c1-4-13(2)17(20-11-9-18-10-12-20)15-5-7-16(8-6-15)19-14(3)21;;/h5-8,13,17-18H,4,9-12H2,1-3H3,(H,19,21);2*1H/t13?,17-;;/m1../s1. The molecular formula is C17H29Cl2N3O. The second-order valence-electron chi connectivity index (χ2n) is 5.92. The van der Waals surface area contributed by atoms with Crippen molar-refractivity contribution in [2.24, 2.45) is 5.92 Å². The molecule has 132 valence electrons. The van der Waals surface area contributed by atoms with Gasteiger partial charge in [0.15, 0.2) is 0 Å². The minimum absolute atomic E-state index is 0. The van der Waals surface area contributed by atoms with Crippen LogP contribution in [-0.4, -0.2) is 37.0 Å². The lowest BCUT2D eigenvalue weighted by Gasteiger charge is -2.38. The highest BCUT2D eigenvalue weighted by Gasteiger charge is 2.26. The average Bonchev–Trinajstić information content (AvgIpc) is 2.49. The number of benzene rings is 1. The highest BCUT2D eigenvalue weighted by Crippen LogP contribution is 2.31. The first-order valence-corrected chi connectivity index (χ1v) is 7.94. The van der Waals surface area contributed by atoms with E-state index >= 15 is 0 Å². The third kappa shape index (κ3) is 6.30. The maximum atomic E-state index is 11.1. The number of nitrogens with zero attached hydrogens (tertiary/aromatic N) is 1. The minimum atomic E-state index is -0.0247. The van der Waals surface area contributed by atoms with Crippen LogP contribution < -0.4 is 10.6 Å². The number of rotatable bonds is 5. The SMILES string of the molecule is CCC(C)[C@H](c1ccc(NC(C)=O)cc1)N1CCNCC1.Cl.Cl. The van der Waals surface area contributed by atoms with Crippen molar-refractivity contribution >= 4 is 36.4 Å². The first-order chi connectivity index (χ1) is 10.1. The van der Waals surface area contributed by atoms with Gasteiger partial charge >= 0.3 is 0 Å². The van der Waals surface area contributed by atoms with Gasteiger partial charge in [-0.25, -0.2) is 0 Å². The molecule has 23 heavy (non-hydrogen) atoms. The molecule has 0 aliphatic carbocycles. The summed E-state index contributed by atoms with van der Waals surface area (Å²) in [6.07, 6.45) is 1.17. The van der Waals surface area contributed by atoms with Crippen molar-refractivity contribution in [3.8, 4) is 0 Å². The Morgan fingerprint density at radius 3 is 2.26 bits per heavy atom. The first kappa shape index (κ1) is 22.2. The fraction of sp³-hybridized carbons (Fsp3) is 0.588. The molecule has 1 saturated heterocycles. The van der Waals surface area contributed by atoms with Crippen LogP contribution in [0.3, 0.4) is 0 Å². The fourth-order valence-electron chi connectivity index (χ4n) is 3.05. The summed E-state index contributed by atoms with van der Waals surface area (Å²) in [4.78, 5) is 13.7. The number of hydrogen-bond acceptors (Lipinski definition) is 3. The Hall–Kier alpha value is -0.810. The van der Waals surface area contributed by atoms with E-state index in [1.54, 1.807) is 0 Å². The summed E-state index contributed by atoms with van der Waals surface area (Å²) >= 11 is 0. The van der Waals surface area contributed by atoms with E-state index < -0.39 is 0 Å². The second kappa shape index (κ2) is 10.9. The molecule has 1 aliphatic heterocycles. The predicted molar refractivity (Wildman–Crippen MR) is 102 cm³/mol. The molecule has 4 nitrogen and oxygen atoms in total. The van der Waals surface area contributed by atoms with Crippen molar-refractivity contribution < 1.29 is 4.79 Å². The van der Waals surface area contributed by atoms with E-state index in [4.69, 9.17) is 0 Å². The quantitative estimate of drug-likeness (QED) is 0.843. The monoisotopic (exact) mass is 361 g/mol. The molecule has 0 aromatic heterocycles. The largest absolute Gasteiger partial charge is 0.326 e. The molecule has 1 aromatic rings. The Morgan fingerprint density at radius 2 is 1.78 bits per heavy atom. The average molecular weight is 362 g/mol. The minimum Gasteiger partial charge on any atom is -0.326 e. The molecule has 1 amide bonds. The van der Waals surface area contributed by atoms with Gasteiger partial charge in [0, 0.05) is 44.8 Å². The van der Waals surface area contributed by atoms with Gasteiger partial charge in [-0.2, -0.15) is 0 Å². The fourth-order valence-corrected chi connectivity index (χ4v) is 3.05. The van der Waals surface area contributed by atoms with Crippen LogP contribution in [0, 0.1) is 5.92 Å². The predicted octanol–water partition coefficient (Wildman–Crippen LogP) is 3.48. The van der Waals surface area contributed by atoms with Gasteiger partial charge < -0.3 is 10.6 Å². The van der Waals surface area contributed by atoms with Crippen LogP contribution in [0.4, 0.5) is 5.69 Å². The lowest BCUT2D eigenvalue weighted by Crippen LogP contribution is -2.46. The Kier molecular flexibility index (Phi) is 10.5. The van der Waals surface area contributed by atoms with Crippen LogP contribution in [0.25, 0.3) is 0 Å². The smallest absolute Gasteiger partial charge is 0.221 e. The van der Waals surface area contributed by atoms with E-state index in [1.807, 2.05) is 12.1 Å². The van der Waals surface area contributed by atoms with Crippen LogP contribution in [0.5, 0.6) is 0 Å². The van der Waals surface area contributed by atoms with Crippen LogP contribution in [0.2, 0.25) is 0 Å². The topological polar surface area (TPSA) is 44.4 Å². The van der Waals surface area contributed by atoms with Crippen LogP contribution in [-0.2, 0) is 4.79 Å². The summed E-state index contributed by atoms with van der Waals surface area (Å²) in [6, 6.07) is 8.79. The number of anilines is 1. The summed E-state index contributed by atoms with van der Waals surface area (Å²) in [6.45, 7) is 10.5. The van der Waals surface area contributed by atoms with Crippen molar-refractivity contribution in [3.05, 3.63) is 29.8 Å². The third-order valence-corrected chi connectivity index (χ3v) is 4.30. The highest BCUT2D eigenvalue weighted by atomic mass is 35.5. The molecule has 6 heteroatoms. The molecule has 2 rings (SSSR count). The molecule has 1 aliphatic rings. The summed E-state index contributed by atoms with van der Waals surface area (Å²) in [5.41, 5.74) is 2.22. The molecule has 0 radical (unpaired) electrons. The van der Waals surface area contributed by atoms with Gasteiger partial charge in [0.05, 0.1) is 0 Å². The Labute approximate surface area is 152 Å². The molecule has 1 fully saturated rings. The lowest BCUT2D eigenvalue weighted by molar-refractivity contribution is -0.114. The van der Waals surface area contributed by atoms with Gasteiger partial charge in [-0.3, -0.25) is 9.69 Å². The van der Waals surface area contributed by atoms with Crippen LogP contribution >= 0.6 is 24.8 Å². The van der Waals surface area contributed by atoms with Crippen LogP contribution in [0.1, 0.15) is 38.8 Å². The first-order valence-electron chi connectivity index (χ1n) is 7.94. The van der Waals surface area contributed by atoms with Crippen molar-refractivity contribution in [1.82, 2.24) is 10.2 Å². The number of carbonyl (C=O) groups excluding carboxylic acids is 1. The van der Waals surface area contributed by atoms with Crippen molar-refractivity contribution in [2.45, 2.75) is 33.2 Å². The zero-order valence-corrected chi connectivity index (χ0v) is 15.8. The molecule has 1 heterocycles. The molecule has 0 saturated carbocycles. The summed E-state index contributed by atoms with van der Waals surface area (Å²) < 4.78 is 0. The summed E-state index contributed by atoms with van der Waals surface area (Å²) in [5, 5.41) is 6.25. The Bertz CT molecular complexity index is 461. The van der Waals surface area contributed by atoms with Gasteiger partial charge in [0.1, 0.15) is 0 Å². The molecule has 2 atom stereocenters. The maximum Gasteiger partial charge on any atom is 0.221 e. The van der Waals surface area contributed by atoms with Gasteiger partial charge in [0.25, 0.3) is 0 Å². The van der Waals surface area contributed by atoms with E-state index in [0.717, 1.165) is 31.9 Å². The second-order valence-corrected chi connectivity index (χ2v) is 5.92. The normalized spacial score (nSPS) is 17.3. The summed E-state index contributed by atoms with van der Waals surface area (Å²) in [7, 11) is 0. The van der Waals surface area contributed by atoms with E-state index in [1.165, 1.54) is 18.9 Å². The third-order valence-electron chi connectivity index (χ3n) is 4.30. The van der Waals surface area contributed by atoms with Gasteiger partial charge in [0.2, 0.25) is 5.91 Å². The number of carbonyl (C=O) groups is 1. The maximum absolute atomic E-state index is 11.1. The molecule has 2 N–H and O–H groups in total. The van der Waals surface area contributed by atoms with Crippen LogP contribution in [0.15, 0.2) is 24.3 Å². The molecule has 1 aromatic carbocycles. The number of piperazine rings is 1. The van der Waals surface area contributed by atoms with Crippen molar-refractivity contribution in [2.75, 3.05) is 31.5 Å². The molecule has 0 bridgehead atoms. The Morgan fingerprint density at radius 1 is 1.22 bits per heavy atom. The molecule has 1 unspecified atom stereocenters. The molecular weight excluding hydrogens is 333 g/mol. The van der Waals surface area contributed by atoms with Crippen molar-refractivity contribution in [3.63, 3.8) is 0 Å². The number of amides is 1. The van der Waals surface area contributed by atoms with E-state index in [2.05, 4.69) is 41.5 Å². The van der Waals surface area contributed by atoms with E-state index in [9.17, 15) is 4.79 Å². The Balaban J connectivity index is 0.00000242. The lowest BCUT2D eigenvalue weighted by atomic mass is 9.90. The van der Waals surface area contributed by atoms with Gasteiger partial charge in [-0.15, -0.1) is 24.8 Å². The molecule has 0 spiro atoms. The zero-order valence-electron chi connectivity index (χ0n) is 14.2. The number of halogens is 2. The van der Waals surface area contributed by atoms with E-state index in [0.29, 0.717) is 12.0 Å². The number of hydrogen-bond donors (Lipinski definition) is 2. The number of nitrogens with one attached hydrogen (secondary N) is 2. The summed E-state index contributed by atoms with van der Waals surface area (Å²) in [5.74, 6) is 0.595. The zero-order chi connectivity index (χ0) is 15.2.